The van der Waals surface area contributed by atoms with Crippen LogP contribution in [0.3, 0.4) is 0 Å². The minimum absolute atomic E-state index is 0.386. The van der Waals surface area contributed by atoms with Crippen molar-refractivity contribution in [2.45, 2.75) is 30.9 Å². The number of carbonyl (C=O) groups excluding carboxylic acids is 1. The van der Waals surface area contributed by atoms with E-state index in [9.17, 15) is 9.36 Å². The van der Waals surface area contributed by atoms with Crippen LogP contribution >= 0.6 is 19.9 Å². The summed E-state index contributed by atoms with van der Waals surface area (Å²) in [5, 5.41) is 0.403. The van der Waals surface area contributed by atoms with Gasteiger partial charge >= 0.3 is 8.25 Å². The van der Waals surface area contributed by atoms with Crippen LogP contribution in [0.1, 0.15) is 24.8 Å². The molecule has 1 aliphatic rings. The second-order valence-electron chi connectivity index (χ2n) is 4.64. The summed E-state index contributed by atoms with van der Waals surface area (Å²) in [5.41, 5.74) is 5.48. The van der Waals surface area contributed by atoms with E-state index in [0.717, 1.165) is 0 Å². The summed E-state index contributed by atoms with van der Waals surface area (Å²) < 4.78 is 14.7. The molecule has 1 aliphatic carbocycles. The highest BCUT2D eigenvalue weighted by Crippen LogP contribution is 2.37. The van der Waals surface area contributed by atoms with E-state index in [1.165, 1.54) is 0 Å². The molecule has 110 valence electrons. The summed E-state index contributed by atoms with van der Waals surface area (Å²) in [4.78, 5) is 25.8. The number of hydrogen-bond donors (Lipinski definition) is 2. The Balaban J connectivity index is 2.25. The van der Waals surface area contributed by atoms with E-state index < -0.39 is 25.7 Å². The number of Topliss-reactive ketones (excluding diaryl/α,β-unsaturated/α-hetero) is 1. The van der Waals surface area contributed by atoms with Crippen molar-refractivity contribution in [1.29, 1.82) is 0 Å². The van der Waals surface area contributed by atoms with Crippen LogP contribution in [-0.4, -0.2) is 16.8 Å². The Bertz CT molecular complexity index is 540. The molecule has 1 aromatic rings. The second kappa shape index (κ2) is 6.35. The molecule has 0 bridgehead atoms. The molecular formula is C12H15ClNO5P. The summed E-state index contributed by atoms with van der Waals surface area (Å²) in [6, 6.07) is 6.85. The zero-order valence-electron chi connectivity index (χ0n) is 10.5. The van der Waals surface area contributed by atoms with Crippen molar-refractivity contribution in [2.24, 2.45) is 5.73 Å². The van der Waals surface area contributed by atoms with Crippen molar-refractivity contribution >= 4 is 25.6 Å². The van der Waals surface area contributed by atoms with Gasteiger partial charge in [-0.25, -0.2) is 4.89 Å². The lowest BCUT2D eigenvalue weighted by Gasteiger charge is -2.36. The first-order valence-electron chi connectivity index (χ1n) is 6.09. The fourth-order valence-electron chi connectivity index (χ4n) is 2.39. The Labute approximate surface area is 121 Å². The van der Waals surface area contributed by atoms with Gasteiger partial charge in [-0.15, -0.1) is 0 Å². The van der Waals surface area contributed by atoms with E-state index in [0.29, 0.717) is 29.8 Å². The van der Waals surface area contributed by atoms with Gasteiger partial charge < -0.3 is 10.6 Å². The number of ketones is 1. The molecule has 0 spiro atoms. The predicted molar refractivity (Wildman–Crippen MR) is 73.4 cm³/mol. The monoisotopic (exact) mass is 319 g/mol. The van der Waals surface area contributed by atoms with Crippen molar-refractivity contribution < 1.29 is 23.8 Å². The van der Waals surface area contributed by atoms with Gasteiger partial charge in [0.1, 0.15) is 5.54 Å². The first-order valence-corrected chi connectivity index (χ1v) is 7.74. The average Bonchev–Trinajstić information content (AvgIpc) is 2.41. The van der Waals surface area contributed by atoms with E-state index in [4.69, 9.17) is 27.1 Å². The molecule has 3 atom stereocenters. The number of rotatable bonds is 4. The lowest BCUT2D eigenvalue weighted by Crippen LogP contribution is -2.53. The highest BCUT2D eigenvalue weighted by atomic mass is 35.5. The van der Waals surface area contributed by atoms with Gasteiger partial charge in [0.25, 0.3) is 0 Å². The van der Waals surface area contributed by atoms with Gasteiger partial charge in [0.05, 0.1) is 0 Å². The molecule has 0 saturated heterocycles. The topological polar surface area (TPSA) is 98.8 Å². The second-order valence-corrected chi connectivity index (χ2v) is 5.75. The summed E-state index contributed by atoms with van der Waals surface area (Å²) in [6.45, 7) is 0. The summed E-state index contributed by atoms with van der Waals surface area (Å²) in [6.07, 6.45) is 0.473. The molecule has 1 fully saturated rings. The fourth-order valence-corrected chi connectivity index (χ4v) is 2.89. The molecule has 1 aromatic carbocycles. The minimum Gasteiger partial charge on any atom is -0.325 e. The van der Waals surface area contributed by atoms with Gasteiger partial charge in [0, 0.05) is 5.02 Å². The van der Waals surface area contributed by atoms with Crippen molar-refractivity contribution in [3.05, 3.63) is 34.9 Å². The first kappa shape index (κ1) is 15.6. The predicted octanol–water partition coefficient (Wildman–Crippen LogP) is 1.95. The minimum atomic E-state index is -3.26. The lowest BCUT2D eigenvalue weighted by atomic mass is 9.75. The Kier molecular flexibility index (Phi) is 4.96. The number of hydrogen-bond acceptors (Lipinski definition) is 5. The van der Waals surface area contributed by atoms with Crippen molar-refractivity contribution in [3.63, 3.8) is 0 Å². The van der Waals surface area contributed by atoms with Crippen molar-refractivity contribution in [1.82, 2.24) is 0 Å². The van der Waals surface area contributed by atoms with Gasteiger partial charge in [0.2, 0.25) is 0 Å². The maximum absolute atomic E-state index is 12.5. The standard InChI is InChI=1S/C12H15ClNO5P/c13-9-5-2-1-4-8(9)12(14)7-3-6-10(11(12)15)18-19-20(16)17/h1-2,4-5,10,20H,3,6-7,14H2,(H,16,17)/t10-,12+/m0/s1. The molecule has 1 saturated carbocycles. The molecule has 20 heavy (non-hydrogen) atoms. The van der Waals surface area contributed by atoms with Crippen LogP contribution in [0.5, 0.6) is 0 Å². The SMILES string of the molecule is N[C@@]1(c2ccccc2Cl)CCC[C@H](OO[PH](=O)O)C1=O. The van der Waals surface area contributed by atoms with Gasteiger partial charge in [-0.1, -0.05) is 29.8 Å². The van der Waals surface area contributed by atoms with E-state index in [1.807, 2.05) is 0 Å². The average molecular weight is 320 g/mol. The van der Waals surface area contributed by atoms with Crippen LogP contribution < -0.4 is 5.73 Å². The van der Waals surface area contributed by atoms with Crippen LogP contribution in [0.25, 0.3) is 0 Å². The molecule has 6 nitrogen and oxygen atoms in total. The molecule has 0 radical (unpaired) electrons. The zero-order chi connectivity index (χ0) is 14.8. The van der Waals surface area contributed by atoms with Gasteiger partial charge in [-0.2, -0.15) is 4.67 Å². The van der Waals surface area contributed by atoms with Crippen LogP contribution in [0, 0.1) is 0 Å². The van der Waals surface area contributed by atoms with E-state index in [2.05, 4.69) is 4.67 Å². The van der Waals surface area contributed by atoms with E-state index in [1.54, 1.807) is 24.3 Å². The van der Waals surface area contributed by atoms with Crippen molar-refractivity contribution in [2.75, 3.05) is 0 Å². The smallest absolute Gasteiger partial charge is 0.325 e. The number of carbonyl (C=O) groups is 1. The number of nitrogens with two attached hydrogens (primary N) is 1. The van der Waals surface area contributed by atoms with Crippen LogP contribution in [0.2, 0.25) is 5.02 Å². The maximum atomic E-state index is 12.5. The largest absolute Gasteiger partial charge is 0.344 e. The Morgan fingerprint density at radius 3 is 2.80 bits per heavy atom. The van der Waals surface area contributed by atoms with Crippen molar-refractivity contribution in [3.8, 4) is 0 Å². The third-order valence-electron chi connectivity index (χ3n) is 3.36. The van der Waals surface area contributed by atoms with Gasteiger partial charge in [-0.05, 0) is 30.9 Å². The van der Waals surface area contributed by atoms with Crippen LogP contribution in [-0.2, 0) is 24.5 Å². The van der Waals surface area contributed by atoms with E-state index >= 15 is 0 Å². The highest BCUT2D eigenvalue weighted by Gasteiger charge is 2.45. The van der Waals surface area contributed by atoms with Gasteiger partial charge in [-0.3, -0.25) is 9.36 Å². The molecule has 0 aromatic heterocycles. The maximum Gasteiger partial charge on any atom is 0.344 e. The summed E-state index contributed by atoms with van der Waals surface area (Å²) >= 11 is 6.10. The summed E-state index contributed by atoms with van der Waals surface area (Å²) in [7, 11) is -3.26. The molecular weight excluding hydrogens is 305 g/mol. The molecule has 3 N–H and O–H groups in total. The fraction of sp³-hybridized carbons (Fsp3) is 0.417. The van der Waals surface area contributed by atoms with Crippen LogP contribution in [0.4, 0.5) is 0 Å². The molecule has 0 aliphatic heterocycles. The quantitative estimate of drug-likeness (QED) is 0.500. The molecule has 0 heterocycles. The lowest BCUT2D eigenvalue weighted by molar-refractivity contribution is -0.246. The Hall–Kier alpha value is -0.750. The third kappa shape index (κ3) is 3.11. The normalized spacial score (nSPS) is 28.4. The number of benzene rings is 1. The highest BCUT2D eigenvalue weighted by molar-refractivity contribution is 7.31. The Morgan fingerprint density at radius 1 is 1.45 bits per heavy atom. The molecule has 1 unspecified atom stereocenters. The molecule has 2 rings (SSSR count). The Morgan fingerprint density at radius 2 is 2.15 bits per heavy atom. The molecule has 8 heteroatoms. The summed E-state index contributed by atoms with van der Waals surface area (Å²) in [5.74, 6) is -0.403. The zero-order valence-corrected chi connectivity index (χ0v) is 12.3. The third-order valence-corrected chi connectivity index (χ3v) is 3.93. The molecule has 0 amide bonds. The van der Waals surface area contributed by atoms with E-state index in [-0.39, 0.29) is 0 Å². The number of halogens is 1. The van der Waals surface area contributed by atoms with Crippen LogP contribution in [0.15, 0.2) is 24.3 Å². The first-order chi connectivity index (χ1) is 9.45. The van der Waals surface area contributed by atoms with Gasteiger partial charge in [0.15, 0.2) is 11.9 Å².